The van der Waals surface area contributed by atoms with Crippen LogP contribution in [0.3, 0.4) is 0 Å². The van der Waals surface area contributed by atoms with Crippen LogP contribution < -0.4 is 10.6 Å². The number of nitrogens with zero attached hydrogens (tertiary/aromatic N) is 3. The number of hydrogen-bond donors (Lipinski definition) is 2. The van der Waals surface area contributed by atoms with Gasteiger partial charge < -0.3 is 5.73 Å². The lowest BCUT2D eigenvalue weighted by Gasteiger charge is -2.16. The summed E-state index contributed by atoms with van der Waals surface area (Å²) in [7, 11) is 0. The third-order valence-corrected chi connectivity index (χ3v) is 2.14. The lowest BCUT2D eigenvalue weighted by atomic mass is 10.3. The topological polar surface area (TPSA) is 87.9 Å². The quantitative estimate of drug-likeness (QED) is 0.833. The number of hydrogen-bond acceptors (Lipinski definition) is 3. The molecule has 0 aliphatic rings. The zero-order chi connectivity index (χ0) is 11.5. The number of carbonyl (C=O) groups excluding carboxylic acids is 1. The van der Waals surface area contributed by atoms with Gasteiger partial charge in [-0.15, -0.1) is 0 Å². The molecule has 6 nitrogen and oxygen atoms in total. The average molecular weight is 238 g/mol. The van der Waals surface area contributed by atoms with E-state index in [-0.39, 0.29) is 5.95 Å². The van der Waals surface area contributed by atoms with Crippen LogP contribution in [-0.4, -0.2) is 21.2 Å². The van der Waals surface area contributed by atoms with Crippen molar-refractivity contribution in [3.63, 3.8) is 0 Å². The summed E-state index contributed by atoms with van der Waals surface area (Å²) < 4.78 is 0. The van der Waals surface area contributed by atoms with Crippen molar-refractivity contribution in [1.29, 1.82) is 0 Å². The molecule has 0 bridgehead atoms. The number of aromatic nitrogens is 3. The van der Waals surface area contributed by atoms with E-state index in [1.807, 2.05) is 0 Å². The number of benzene rings is 1. The standard InChI is InChI=1S/C9H8ClN5O/c10-6-2-1-3-7(4-6)15(8(11)16)9-12-5-13-14-9/h1-5H,(H2,11,16)(H,12,13,14). The van der Waals surface area contributed by atoms with Gasteiger partial charge in [0.1, 0.15) is 6.33 Å². The molecule has 0 spiro atoms. The maximum atomic E-state index is 11.3. The summed E-state index contributed by atoms with van der Waals surface area (Å²) in [5.41, 5.74) is 5.79. The van der Waals surface area contributed by atoms with Crippen LogP contribution in [0.2, 0.25) is 5.02 Å². The van der Waals surface area contributed by atoms with E-state index in [2.05, 4.69) is 15.2 Å². The van der Waals surface area contributed by atoms with E-state index in [9.17, 15) is 4.79 Å². The second kappa shape index (κ2) is 4.19. The van der Waals surface area contributed by atoms with Gasteiger partial charge in [0.15, 0.2) is 0 Å². The smallest absolute Gasteiger partial charge is 0.326 e. The van der Waals surface area contributed by atoms with Crippen LogP contribution in [0.15, 0.2) is 30.6 Å². The molecular formula is C9H8ClN5O. The first-order chi connectivity index (χ1) is 7.68. The van der Waals surface area contributed by atoms with Crippen molar-refractivity contribution in [2.24, 2.45) is 5.73 Å². The molecule has 0 fully saturated rings. The maximum absolute atomic E-state index is 11.3. The van der Waals surface area contributed by atoms with Crippen LogP contribution >= 0.6 is 11.6 Å². The summed E-state index contributed by atoms with van der Waals surface area (Å²) in [6.45, 7) is 0. The summed E-state index contributed by atoms with van der Waals surface area (Å²) >= 11 is 5.83. The molecular weight excluding hydrogens is 230 g/mol. The molecule has 0 radical (unpaired) electrons. The molecule has 1 aromatic heterocycles. The van der Waals surface area contributed by atoms with Crippen molar-refractivity contribution < 1.29 is 4.79 Å². The van der Waals surface area contributed by atoms with Crippen LogP contribution in [0.1, 0.15) is 0 Å². The molecule has 0 saturated heterocycles. The van der Waals surface area contributed by atoms with Crippen molar-refractivity contribution >= 4 is 29.3 Å². The van der Waals surface area contributed by atoms with Crippen molar-refractivity contribution in [3.05, 3.63) is 35.6 Å². The predicted octanol–water partition coefficient (Wildman–Crippen LogP) is 1.67. The Morgan fingerprint density at radius 3 is 2.88 bits per heavy atom. The second-order valence-corrected chi connectivity index (χ2v) is 3.40. The molecule has 0 saturated carbocycles. The minimum absolute atomic E-state index is 0.245. The van der Waals surface area contributed by atoms with Crippen molar-refractivity contribution in [2.45, 2.75) is 0 Å². The second-order valence-electron chi connectivity index (χ2n) is 2.96. The highest BCUT2D eigenvalue weighted by molar-refractivity contribution is 6.31. The summed E-state index contributed by atoms with van der Waals surface area (Å²) in [5, 5.41) is 6.72. The van der Waals surface area contributed by atoms with Gasteiger partial charge in [-0.05, 0) is 18.2 Å². The highest BCUT2D eigenvalue weighted by Crippen LogP contribution is 2.24. The van der Waals surface area contributed by atoms with E-state index in [1.54, 1.807) is 24.3 Å². The number of nitrogens with one attached hydrogen (secondary N) is 1. The van der Waals surface area contributed by atoms with E-state index in [4.69, 9.17) is 17.3 Å². The SMILES string of the molecule is NC(=O)N(c1cccc(Cl)c1)c1ncn[nH]1. The van der Waals surface area contributed by atoms with E-state index < -0.39 is 6.03 Å². The van der Waals surface area contributed by atoms with Gasteiger partial charge in [0, 0.05) is 5.02 Å². The fraction of sp³-hybridized carbons (Fsp3) is 0. The van der Waals surface area contributed by atoms with Crippen LogP contribution in [0.5, 0.6) is 0 Å². The predicted molar refractivity (Wildman–Crippen MR) is 59.6 cm³/mol. The van der Waals surface area contributed by atoms with Gasteiger partial charge >= 0.3 is 6.03 Å². The number of carbonyl (C=O) groups is 1. The minimum Gasteiger partial charge on any atom is -0.351 e. The third kappa shape index (κ3) is 1.96. The Balaban J connectivity index is 2.45. The van der Waals surface area contributed by atoms with Gasteiger partial charge in [0.2, 0.25) is 5.95 Å². The zero-order valence-corrected chi connectivity index (χ0v) is 8.85. The van der Waals surface area contributed by atoms with Crippen LogP contribution in [0, 0.1) is 0 Å². The molecule has 0 aliphatic heterocycles. The Labute approximate surface area is 96.0 Å². The van der Waals surface area contributed by atoms with Gasteiger partial charge in [0.25, 0.3) is 0 Å². The molecule has 1 aromatic carbocycles. The summed E-state index contributed by atoms with van der Waals surface area (Å²) in [6.07, 6.45) is 1.29. The van der Waals surface area contributed by atoms with Gasteiger partial charge in [0.05, 0.1) is 5.69 Å². The number of nitrogens with two attached hydrogens (primary N) is 1. The summed E-state index contributed by atoms with van der Waals surface area (Å²) in [4.78, 5) is 16.4. The zero-order valence-electron chi connectivity index (χ0n) is 8.09. The fourth-order valence-electron chi connectivity index (χ4n) is 1.28. The minimum atomic E-state index is -0.668. The molecule has 3 N–H and O–H groups in total. The number of amides is 2. The number of aromatic amines is 1. The van der Waals surface area contributed by atoms with Crippen molar-refractivity contribution in [3.8, 4) is 0 Å². The first kappa shape index (κ1) is 10.4. The monoisotopic (exact) mass is 237 g/mol. The Morgan fingerprint density at radius 1 is 1.50 bits per heavy atom. The Kier molecular flexibility index (Phi) is 2.74. The van der Waals surface area contributed by atoms with E-state index in [1.165, 1.54) is 11.2 Å². The molecule has 2 amide bonds. The highest BCUT2D eigenvalue weighted by atomic mass is 35.5. The molecule has 16 heavy (non-hydrogen) atoms. The van der Waals surface area contributed by atoms with Gasteiger partial charge in [-0.3, -0.25) is 0 Å². The first-order valence-corrected chi connectivity index (χ1v) is 4.77. The highest BCUT2D eigenvalue weighted by Gasteiger charge is 2.17. The Bertz CT molecular complexity index is 498. The van der Waals surface area contributed by atoms with Gasteiger partial charge in [-0.2, -0.15) is 10.1 Å². The molecule has 0 atom stereocenters. The lowest BCUT2D eigenvalue weighted by molar-refractivity contribution is 0.256. The molecule has 1 heterocycles. The number of H-pyrrole nitrogens is 1. The molecule has 0 unspecified atom stereocenters. The molecule has 7 heteroatoms. The first-order valence-electron chi connectivity index (χ1n) is 4.39. The normalized spacial score (nSPS) is 10.1. The average Bonchev–Trinajstić information content (AvgIpc) is 2.71. The van der Waals surface area contributed by atoms with Crippen LogP contribution in [0.4, 0.5) is 16.4 Å². The maximum Gasteiger partial charge on any atom is 0.326 e. The van der Waals surface area contributed by atoms with E-state index >= 15 is 0 Å². The number of halogens is 1. The van der Waals surface area contributed by atoms with Crippen molar-refractivity contribution in [1.82, 2.24) is 15.2 Å². The molecule has 2 rings (SSSR count). The van der Waals surface area contributed by atoms with Gasteiger partial charge in [-0.25, -0.2) is 14.8 Å². The van der Waals surface area contributed by atoms with Crippen LogP contribution in [0.25, 0.3) is 0 Å². The number of primary amides is 1. The molecule has 82 valence electrons. The number of rotatable bonds is 2. The van der Waals surface area contributed by atoms with E-state index in [0.717, 1.165) is 0 Å². The largest absolute Gasteiger partial charge is 0.351 e. The number of urea groups is 1. The Morgan fingerprint density at radius 2 is 2.31 bits per heavy atom. The fourth-order valence-corrected chi connectivity index (χ4v) is 1.46. The van der Waals surface area contributed by atoms with E-state index in [0.29, 0.717) is 10.7 Å². The van der Waals surface area contributed by atoms with Gasteiger partial charge in [-0.1, -0.05) is 17.7 Å². The summed E-state index contributed by atoms with van der Waals surface area (Å²) in [5.74, 6) is 0.245. The summed E-state index contributed by atoms with van der Waals surface area (Å²) in [6, 6.07) is 6.04. The number of anilines is 2. The lowest BCUT2D eigenvalue weighted by Crippen LogP contribution is -2.32. The molecule has 2 aromatic rings. The van der Waals surface area contributed by atoms with Crippen LogP contribution in [-0.2, 0) is 0 Å². The third-order valence-electron chi connectivity index (χ3n) is 1.90. The van der Waals surface area contributed by atoms with Crippen molar-refractivity contribution in [2.75, 3.05) is 4.90 Å². The molecule has 0 aliphatic carbocycles. The Hall–Kier alpha value is -2.08.